The second-order valence-corrected chi connectivity index (χ2v) is 7.60. The van der Waals surface area contributed by atoms with Crippen molar-refractivity contribution in [3.63, 3.8) is 0 Å². The Bertz CT molecular complexity index is 1190. The Morgan fingerprint density at radius 2 is 1.39 bits per heavy atom. The highest BCUT2D eigenvalue weighted by molar-refractivity contribution is 7.99. The van der Waals surface area contributed by atoms with E-state index in [1.54, 1.807) is 9.47 Å². The fourth-order valence-electron chi connectivity index (χ4n) is 3.19. The largest absolute Gasteiger partial charge is 0.385 e. The number of amides is 1. The van der Waals surface area contributed by atoms with Crippen LogP contribution in [0.4, 0.5) is 17.2 Å². The van der Waals surface area contributed by atoms with E-state index in [4.69, 9.17) is 5.73 Å². The molecule has 4 aromatic rings. The van der Waals surface area contributed by atoms with Gasteiger partial charge < -0.3 is 5.73 Å². The molecule has 31 heavy (non-hydrogen) atoms. The van der Waals surface area contributed by atoms with Crippen LogP contribution in [0.5, 0.6) is 0 Å². The van der Waals surface area contributed by atoms with Crippen molar-refractivity contribution >= 4 is 34.9 Å². The molecule has 6 nitrogen and oxygen atoms in total. The number of hydrogen-bond acceptors (Lipinski definition) is 5. The lowest BCUT2D eigenvalue weighted by atomic mass is 10.2. The van der Waals surface area contributed by atoms with Crippen LogP contribution in [0.2, 0.25) is 0 Å². The second kappa shape index (κ2) is 9.32. The molecule has 1 amide bonds. The first-order valence-electron chi connectivity index (χ1n) is 9.64. The Kier molecular flexibility index (Phi) is 6.14. The maximum atomic E-state index is 13.3. The standard InChI is InChI=1S/C24H20N4O2S/c25-21-16-22(29)26-24(28(21)20-14-8-3-9-15-20)31-17-23(30)27(18-10-4-1-5-11-18)19-12-6-2-7-13-19/h1-16H,17,25H2. The monoisotopic (exact) mass is 428 g/mol. The molecule has 0 aliphatic rings. The number of carbonyl (C=O) groups excluding carboxylic acids is 1. The lowest BCUT2D eigenvalue weighted by molar-refractivity contribution is -0.115. The van der Waals surface area contributed by atoms with Crippen LogP contribution in [0.1, 0.15) is 0 Å². The van der Waals surface area contributed by atoms with Crippen LogP contribution in [0.25, 0.3) is 5.69 Å². The zero-order chi connectivity index (χ0) is 21.6. The number of para-hydroxylation sites is 3. The molecule has 154 valence electrons. The topological polar surface area (TPSA) is 81.2 Å². The van der Waals surface area contributed by atoms with Gasteiger partial charge in [0.25, 0.3) is 5.56 Å². The first-order valence-corrected chi connectivity index (χ1v) is 10.6. The molecule has 2 N–H and O–H groups in total. The molecule has 0 unspecified atom stereocenters. The summed E-state index contributed by atoms with van der Waals surface area (Å²) in [5, 5.41) is 0.366. The van der Waals surface area contributed by atoms with Gasteiger partial charge in [-0.15, -0.1) is 0 Å². The maximum absolute atomic E-state index is 13.3. The molecule has 0 atom stereocenters. The highest BCUT2D eigenvalue weighted by Gasteiger charge is 2.20. The van der Waals surface area contributed by atoms with Gasteiger partial charge >= 0.3 is 0 Å². The first-order chi connectivity index (χ1) is 15.1. The van der Waals surface area contributed by atoms with Crippen LogP contribution in [0.3, 0.4) is 0 Å². The molecule has 0 aliphatic carbocycles. The summed E-state index contributed by atoms with van der Waals surface area (Å²) in [6.07, 6.45) is 0. The number of nitrogen functional groups attached to an aromatic ring is 1. The van der Waals surface area contributed by atoms with Crippen molar-refractivity contribution in [2.45, 2.75) is 5.16 Å². The minimum absolute atomic E-state index is 0.0759. The van der Waals surface area contributed by atoms with E-state index >= 15 is 0 Å². The van der Waals surface area contributed by atoms with Crippen LogP contribution >= 0.6 is 11.8 Å². The summed E-state index contributed by atoms with van der Waals surface area (Å²) < 4.78 is 1.68. The Morgan fingerprint density at radius 1 is 0.871 bits per heavy atom. The van der Waals surface area contributed by atoms with E-state index in [1.807, 2.05) is 91.0 Å². The number of carbonyl (C=O) groups is 1. The van der Waals surface area contributed by atoms with Gasteiger partial charge in [0.2, 0.25) is 5.91 Å². The molecule has 0 saturated heterocycles. The minimum Gasteiger partial charge on any atom is -0.385 e. The number of anilines is 3. The van der Waals surface area contributed by atoms with Crippen LogP contribution in [-0.4, -0.2) is 21.2 Å². The van der Waals surface area contributed by atoms with Crippen molar-refractivity contribution in [2.24, 2.45) is 0 Å². The molecule has 0 radical (unpaired) electrons. The Balaban J connectivity index is 1.65. The van der Waals surface area contributed by atoms with Crippen molar-refractivity contribution < 1.29 is 4.79 Å². The molecular formula is C24H20N4O2S. The molecule has 0 bridgehead atoms. The Hall–Kier alpha value is -3.84. The van der Waals surface area contributed by atoms with E-state index in [9.17, 15) is 9.59 Å². The third kappa shape index (κ3) is 4.67. The zero-order valence-corrected chi connectivity index (χ0v) is 17.4. The normalized spacial score (nSPS) is 10.6. The van der Waals surface area contributed by atoms with Crippen molar-refractivity contribution in [1.29, 1.82) is 0 Å². The lowest BCUT2D eigenvalue weighted by Gasteiger charge is -2.23. The quantitative estimate of drug-likeness (QED) is 0.366. The zero-order valence-electron chi connectivity index (χ0n) is 16.6. The van der Waals surface area contributed by atoms with Crippen LogP contribution in [-0.2, 0) is 4.79 Å². The average molecular weight is 429 g/mol. The predicted molar refractivity (Wildman–Crippen MR) is 125 cm³/mol. The summed E-state index contributed by atoms with van der Waals surface area (Å²) in [5.41, 5.74) is 7.97. The van der Waals surface area contributed by atoms with Gasteiger partial charge in [-0.05, 0) is 36.4 Å². The second-order valence-electron chi connectivity index (χ2n) is 6.66. The van der Waals surface area contributed by atoms with E-state index in [0.29, 0.717) is 5.16 Å². The minimum atomic E-state index is -0.442. The fraction of sp³-hybridized carbons (Fsp3) is 0.0417. The molecule has 1 aromatic heterocycles. The van der Waals surface area contributed by atoms with Crippen molar-refractivity contribution in [1.82, 2.24) is 9.55 Å². The van der Waals surface area contributed by atoms with Gasteiger partial charge in [-0.2, -0.15) is 4.98 Å². The molecular weight excluding hydrogens is 408 g/mol. The number of nitrogens with zero attached hydrogens (tertiary/aromatic N) is 3. The number of hydrogen-bond donors (Lipinski definition) is 1. The molecule has 0 aliphatic heterocycles. The maximum Gasteiger partial charge on any atom is 0.275 e. The third-order valence-electron chi connectivity index (χ3n) is 4.54. The van der Waals surface area contributed by atoms with Crippen molar-refractivity contribution in [2.75, 3.05) is 16.4 Å². The van der Waals surface area contributed by atoms with Gasteiger partial charge in [-0.1, -0.05) is 66.4 Å². The van der Waals surface area contributed by atoms with E-state index < -0.39 is 5.56 Å². The highest BCUT2D eigenvalue weighted by Crippen LogP contribution is 2.28. The lowest BCUT2D eigenvalue weighted by Crippen LogP contribution is -2.28. The number of aromatic nitrogens is 2. The highest BCUT2D eigenvalue weighted by atomic mass is 32.2. The summed E-state index contributed by atoms with van der Waals surface area (Å²) in [6, 6.07) is 29.5. The van der Waals surface area contributed by atoms with Gasteiger partial charge in [-0.3, -0.25) is 19.1 Å². The molecule has 3 aromatic carbocycles. The molecule has 0 spiro atoms. The molecule has 0 fully saturated rings. The third-order valence-corrected chi connectivity index (χ3v) is 5.47. The van der Waals surface area contributed by atoms with Gasteiger partial charge in [0.15, 0.2) is 5.16 Å². The SMILES string of the molecule is Nc1cc(=O)nc(SCC(=O)N(c2ccccc2)c2ccccc2)n1-c1ccccc1. The molecule has 4 rings (SSSR count). The Labute approximate surface area is 184 Å². The number of benzene rings is 3. The van der Waals surface area contributed by atoms with Crippen molar-refractivity contribution in [3.05, 3.63) is 107 Å². The number of thioether (sulfide) groups is 1. The van der Waals surface area contributed by atoms with Crippen LogP contribution in [0.15, 0.2) is 107 Å². The van der Waals surface area contributed by atoms with Crippen molar-refractivity contribution in [3.8, 4) is 5.69 Å². The van der Waals surface area contributed by atoms with Crippen LogP contribution < -0.4 is 16.2 Å². The Morgan fingerprint density at radius 3 is 1.94 bits per heavy atom. The first kappa shape index (κ1) is 20.4. The van der Waals surface area contributed by atoms with Gasteiger partial charge in [0.05, 0.1) is 5.75 Å². The van der Waals surface area contributed by atoms with E-state index in [0.717, 1.165) is 17.1 Å². The smallest absolute Gasteiger partial charge is 0.275 e. The van der Waals surface area contributed by atoms with Gasteiger partial charge in [0, 0.05) is 23.1 Å². The predicted octanol–water partition coefficient (Wildman–Crippen LogP) is 4.27. The summed E-state index contributed by atoms with van der Waals surface area (Å²) >= 11 is 1.18. The van der Waals surface area contributed by atoms with Gasteiger partial charge in [-0.25, -0.2) is 0 Å². The van der Waals surface area contributed by atoms with Gasteiger partial charge in [0.1, 0.15) is 5.82 Å². The van der Waals surface area contributed by atoms with Crippen LogP contribution in [0, 0.1) is 0 Å². The van der Waals surface area contributed by atoms with E-state index in [-0.39, 0.29) is 17.5 Å². The number of nitrogens with two attached hydrogens (primary N) is 1. The molecule has 7 heteroatoms. The molecule has 1 heterocycles. The van der Waals surface area contributed by atoms with E-state index in [2.05, 4.69) is 4.98 Å². The summed E-state index contributed by atoms with van der Waals surface area (Å²) in [4.78, 5) is 31.1. The summed E-state index contributed by atoms with van der Waals surface area (Å²) in [6.45, 7) is 0. The summed E-state index contributed by atoms with van der Waals surface area (Å²) in [5.74, 6) is 0.204. The van der Waals surface area contributed by atoms with E-state index in [1.165, 1.54) is 17.8 Å². The fourth-order valence-corrected chi connectivity index (χ4v) is 4.07. The summed E-state index contributed by atoms with van der Waals surface area (Å²) in [7, 11) is 0. The number of rotatable bonds is 6. The molecule has 0 saturated carbocycles. The average Bonchev–Trinajstić information content (AvgIpc) is 2.79.